The maximum absolute atomic E-state index is 13.9. The van der Waals surface area contributed by atoms with Gasteiger partial charge in [0.25, 0.3) is 0 Å². The molecular weight excluding hydrogens is 478 g/mol. The predicted octanol–water partition coefficient (Wildman–Crippen LogP) is 4.68. The van der Waals surface area contributed by atoms with E-state index in [0.717, 1.165) is 29.9 Å². The molecule has 4 atom stereocenters. The Morgan fingerprint density at radius 1 is 1.14 bits per heavy atom. The number of nitrogens with one attached hydrogen (secondary N) is 1. The second-order valence-corrected chi connectivity index (χ2v) is 11.6. The lowest BCUT2D eigenvalue weighted by Gasteiger charge is -2.44. The lowest BCUT2D eigenvalue weighted by atomic mass is 9.71. The maximum atomic E-state index is 13.9. The van der Waals surface area contributed by atoms with Gasteiger partial charge in [-0.15, -0.1) is 0 Å². The fourth-order valence-electron chi connectivity index (χ4n) is 5.80. The summed E-state index contributed by atoms with van der Waals surface area (Å²) in [6.07, 6.45) is 2.48. The molecule has 8 nitrogen and oxygen atoms in total. The summed E-state index contributed by atoms with van der Waals surface area (Å²) in [6, 6.07) is 6.41. The second kappa shape index (κ2) is 10.2. The summed E-state index contributed by atoms with van der Waals surface area (Å²) in [7, 11) is 0. The molecular formula is C27H36ClN5O3. The van der Waals surface area contributed by atoms with Gasteiger partial charge < -0.3 is 20.2 Å². The summed E-state index contributed by atoms with van der Waals surface area (Å²) in [5.74, 6) is 0.801. The summed E-state index contributed by atoms with van der Waals surface area (Å²) in [5.41, 5.74) is 2.84. The number of hydrogen-bond acceptors (Lipinski definition) is 5. The van der Waals surface area contributed by atoms with Crippen LogP contribution < -0.4 is 10.2 Å². The summed E-state index contributed by atoms with van der Waals surface area (Å²) < 4.78 is 0. The lowest BCUT2D eigenvalue weighted by molar-refractivity contribution is -0.135. The average molecular weight is 514 g/mol. The van der Waals surface area contributed by atoms with Crippen LogP contribution in [0.4, 0.5) is 10.6 Å². The van der Waals surface area contributed by atoms with Gasteiger partial charge in [-0.05, 0) is 48.8 Å². The van der Waals surface area contributed by atoms with E-state index < -0.39 is 12.1 Å². The number of carbonyl (C=O) groups is 2. The molecule has 2 N–H and O–H groups in total. The minimum atomic E-state index is -1.21. The third-order valence-corrected chi connectivity index (χ3v) is 7.76. The Kier molecular flexibility index (Phi) is 7.46. The molecule has 2 aromatic rings. The molecule has 2 amide bonds. The normalized spacial score (nSPS) is 21.6. The van der Waals surface area contributed by atoms with E-state index >= 15 is 0 Å². The Hall–Kier alpha value is -2.87. The average Bonchev–Trinajstić information content (AvgIpc) is 3.19. The van der Waals surface area contributed by atoms with Crippen molar-refractivity contribution in [3.05, 3.63) is 52.4 Å². The van der Waals surface area contributed by atoms with Crippen molar-refractivity contribution in [3.63, 3.8) is 0 Å². The van der Waals surface area contributed by atoms with Crippen molar-refractivity contribution >= 4 is 29.4 Å². The number of nitrogens with zero attached hydrogens (tertiary/aromatic N) is 4. The van der Waals surface area contributed by atoms with E-state index in [9.17, 15) is 14.7 Å². The highest BCUT2D eigenvalue weighted by molar-refractivity contribution is 6.30. The third-order valence-electron chi connectivity index (χ3n) is 7.50. The summed E-state index contributed by atoms with van der Waals surface area (Å²) in [6.45, 7) is 12.0. The standard InChI is InChI=1S/C27H36ClN5O3/c1-16-6-11-20-21(16)24(30-15-29-20)33-13-12-32(14-17(33)2)25(34)23(31-26(35)36)22(27(3,4)5)18-7-9-19(28)10-8-18/h7-10,15-17,22-23,31H,6,11-14H2,1-5H3,(H,35,36)/t16-,17+,22-,23?/m1/s1. The topological polar surface area (TPSA) is 98.7 Å². The second-order valence-electron chi connectivity index (χ2n) is 11.1. The molecule has 1 fully saturated rings. The van der Waals surface area contributed by atoms with Gasteiger partial charge in [0.2, 0.25) is 5.91 Å². The first-order valence-corrected chi connectivity index (χ1v) is 13.0. The van der Waals surface area contributed by atoms with Crippen molar-refractivity contribution in [1.82, 2.24) is 20.2 Å². The van der Waals surface area contributed by atoms with Crippen molar-refractivity contribution in [2.75, 3.05) is 24.5 Å². The number of rotatable bonds is 5. The summed E-state index contributed by atoms with van der Waals surface area (Å²) in [4.78, 5) is 38.9. The van der Waals surface area contributed by atoms with E-state index in [0.29, 0.717) is 30.6 Å². The lowest BCUT2D eigenvalue weighted by Crippen LogP contribution is -2.60. The van der Waals surface area contributed by atoms with Gasteiger partial charge in [-0.3, -0.25) is 4.79 Å². The van der Waals surface area contributed by atoms with Crippen LogP contribution in [-0.2, 0) is 11.2 Å². The number of anilines is 1. The molecule has 4 rings (SSSR count). The van der Waals surface area contributed by atoms with E-state index in [-0.39, 0.29) is 23.3 Å². The Morgan fingerprint density at radius 3 is 2.44 bits per heavy atom. The Bertz CT molecular complexity index is 1120. The van der Waals surface area contributed by atoms with Crippen LogP contribution in [0.3, 0.4) is 0 Å². The first-order valence-electron chi connectivity index (χ1n) is 12.6. The van der Waals surface area contributed by atoms with E-state index in [2.05, 4.69) is 34.0 Å². The van der Waals surface area contributed by atoms with Crippen LogP contribution in [0, 0.1) is 5.41 Å². The largest absolute Gasteiger partial charge is 0.465 e. The molecule has 0 spiro atoms. The molecule has 36 heavy (non-hydrogen) atoms. The number of aromatic nitrogens is 2. The SMILES string of the molecule is C[C@@H]1CCc2ncnc(N3CCN(C(=O)C(NC(=O)O)[C@@H](c4ccc(Cl)cc4)C(C)(C)C)C[C@@H]3C)c21. The van der Waals surface area contributed by atoms with Crippen LogP contribution in [0.5, 0.6) is 0 Å². The molecule has 194 valence electrons. The first kappa shape index (κ1) is 26.2. The number of carbonyl (C=O) groups excluding carboxylic acids is 1. The van der Waals surface area contributed by atoms with Gasteiger partial charge in [0.15, 0.2) is 0 Å². The van der Waals surface area contributed by atoms with Gasteiger partial charge in [0.1, 0.15) is 18.2 Å². The zero-order valence-corrected chi connectivity index (χ0v) is 22.4. The van der Waals surface area contributed by atoms with E-state index in [1.807, 2.05) is 32.9 Å². The number of benzene rings is 1. The van der Waals surface area contributed by atoms with Gasteiger partial charge >= 0.3 is 6.09 Å². The van der Waals surface area contributed by atoms with Crippen molar-refractivity contribution in [2.45, 2.75) is 71.4 Å². The number of piperazine rings is 1. The zero-order valence-electron chi connectivity index (χ0n) is 21.7. The van der Waals surface area contributed by atoms with Crippen LogP contribution in [0.1, 0.15) is 69.7 Å². The van der Waals surface area contributed by atoms with Crippen LogP contribution in [0.15, 0.2) is 30.6 Å². The van der Waals surface area contributed by atoms with Gasteiger partial charge in [0.05, 0.1) is 0 Å². The molecule has 0 radical (unpaired) electrons. The van der Waals surface area contributed by atoms with E-state index in [1.165, 1.54) is 5.56 Å². The number of halogens is 1. The highest BCUT2D eigenvalue weighted by atomic mass is 35.5. The molecule has 9 heteroatoms. The van der Waals surface area contributed by atoms with Gasteiger partial charge in [-0.2, -0.15) is 0 Å². The maximum Gasteiger partial charge on any atom is 0.405 e. The van der Waals surface area contributed by atoms with Crippen molar-refractivity contribution in [3.8, 4) is 0 Å². The van der Waals surface area contributed by atoms with E-state index in [4.69, 9.17) is 11.6 Å². The van der Waals surface area contributed by atoms with Crippen molar-refractivity contribution in [2.24, 2.45) is 5.41 Å². The number of aryl methyl sites for hydroxylation is 1. The third kappa shape index (κ3) is 5.28. The molecule has 0 bridgehead atoms. The summed E-state index contributed by atoms with van der Waals surface area (Å²) in [5, 5.41) is 12.8. The highest BCUT2D eigenvalue weighted by Gasteiger charge is 2.42. The quantitative estimate of drug-likeness (QED) is 0.602. The molecule has 1 unspecified atom stereocenters. The van der Waals surface area contributed by atoms with Crippen molar-refractivity contribution in [1.29, 1.82) is 0 Å². The first-order chi connectivity index (χ1) is 17.0. The molecule has 2 aliphatic rings. The van der Waals surface area contributed by atoms with Crippen LogP contribution in [-0.4, -0.2) is 63.7 Å². The fourth-order valence-corrected chi connectivity index (χ4v) is 5.93. The smallest absolute Gasteiger partial charge is 0.405 e. The van der Waals surface area contributed by atoms with Crippen LogP contribution in [0.25, 0.3) is 0 Å². The number of carboxylic acid groups (broad SMARTS) is 1. The predicted molar refractivity (Wildman–Crippen MR) is 141 cm³/mol. The van der Waals surface area contributed by atoms with E-state index in [1.54, 1.807) is 23.4 Å². The number of amides is 2. The zero-order chi connectivity index (χ0) is 26.2. The molecule has 1 aliphatic carbocycles. The Labute approximate surface area is 218 Å². The minimum absolute atomic E-state index is 0.0311. The van der Waals surface area contributed by atoms with Gasteiger partial charge in [-0.1, -0.05) is 51.4 Å². The fraction of sp³-hybridized carbons (Fsp3) is 0.556. The van der Waals surface area contributed by atoms with Crippen LogP contribution in [0.2, 0.25) is 5.02 Å². The minimum Gasteiger partial charge on any atom is -0.465 e. The molecule has 0 saturated carbocycles. The van der Waals surface area contributed by atoms with Gasteiger partial charge in [0, 0.05) is 47.9 Å². The van der Waals surface area contributed by atoms with Crippen LogP contribution >= 0.6 is 11.6 Å². The number of fused-ring (bicyclic) bond motifs is 1. The summed E-state index contributed by atoms with van der Waals surface area (Å²) >= 11 is 6.10. The highest BCUT2D eigenvalue weighted by Crippen LogP contribution is 2.40. The monoisotopic (exact) mass is 513 g/mol. The Balaban J connectivity index is 1.59. The molecule has 1 aromatic carbocycles. The molecule has 2 heterocycles. The molecule has 1 aliphatic heterocycles. The van der Waals surface area contributed by atoms with Crippen molar-refractivity contribution < 1.29 is 14.7 Å². The molecule has 1 aromatic heterocycles. The molecule has 1 saturated heterocycles. The number of hydrogen-bond donors (Lipinski definition) is 2. The Morgan fingerprint density at radius 2 is 1.83 bits per heavy atom. The van der Waals surface area contributed by atoms with Gasteiger partial charge in [-0.25, -0.2) is 14.8 Å².